The lowest BCUT2D eigenvalue weighted by atomic mass is 9.90. The van der Waals surface area contributed by atoms with E-state index in [4.69, 9.17) is 4.74 Å². The molecule has 0 radical (unpaired) electrons. The van der Waals surface area contributed by atoms with Crippen LogP contribution in [0.15, 0.2) is 0 Å². The number of hydrogen-bond acceptors (Lipinski definition) is 5. The lowest BCUT2D eigenvalue weighted by molar-refractivity contribution is -0.142. The van der Waals surface area contributed by atoms with Crippen LogP contribution in [-0.2, 0) is 14.3 Å². The van der Waals surface area contributed by atoms with Gasteiger partial charge >= 0.3 is 0 Å². The van der Waals surface area contributed by atoms with Crippen molar-refractivity contribution in [3.63, 3.8) is 0 Å². The molecule has 134 valence electrons. The highest BCUT2D eigenvalue weighted by Gasteiger charge is 2.32. The summed E-state index contributed by atoms with van der Waals surface area (Å²) in [7, 11) is 0. The van der Waals surface area contributed by atoms with Crippen molar-refractivity contribution in [3.05, 3.63) is 0 Å². The number of nitrogens with one attached hydrogen (secondary N) is 1. The zero-order valence-electron chi connectivity index (χ0n) is 14.9. The van der Waals surface area contributed by atoms with E-state index in [2.05, 4.69) is 11.4 Å². The molecule has 2 amide bonds. The molecule has 0 saturated carbocycles. The first-order valence-electron chi connectivity index (χ1n) is 8.70. The molecule has 2 aliphatic heterocycles. The minimum atomic E-state index is -0.852. The molecule has 0 bridgehead atoms. The average molecular weight is 336 g/mol. The smallest absolute Gasteiger partial charge is 0.251 e. The first-order chi connectivity index (χ1) is 11.4. The highest BCUT2D eigenvalue weighted by Crippen LogP contribution is 2.17. The van der Waals surface area contributed by atoms with E-state index in [1.165, 1.54) is 0 Å². The van der Waals surface area contributed by atoms with Crippen LogP contribution in [0.25, 0.3) is 0 Å². The standard InChI is InChI=1S/C17H28N4O3/c1-13(2)17(3,12-18)19-15(22)11-20-6-8-21(9-7-20)16(23)14-5-4-10-24-14/h13-14H,4-11H2,1-3H3,(H,19,22). The lowest BCUT2D eigenvalue weighted by Crippen LogP contribution is -2.55. The van der Waals surface area contributed by atoms with Crippen LogP contribution in [0.2, 0.25) is 0 Å². The number of ether oxygens (including phenoxy) is 1. The van der Waals surface area contributed by atoms with Crippen molar-refractivity contribution in [1.29, 1.82) is 5.26 Å². The van der Waals surface area contributed by atoms with E-state index < -0.39 is 5.54 Å². The summed E-state index contributed by atoms with van der Waals surface area (Å²) in [5.74, 6) is -0.0348. The predicted octanol–water partition coefficient (Wildman–Crippen LogP) is 0.364. The number of piperazine rings is 1. The summed E-state index contributed by atoms with van der Waals surface area (Å²) < 4.78 is 5.45. The number of carbonyl (C=O) groups excluding carboxylic acids is 2. The van der Waals surface area contributed by atoms with E-state index in [9.17, 15) is 14.9 Å². The minimum Gasteiger partial charge on any atom is -0.368 e. The fraction of sp³-hybridized carbons (Fsp3) is 0.824. The molecule has 2 fully saturated rings. The number of carbonyl (C=O) groups is 2. The molecule has 2 heterocycles. The molecule has 2 unspecified atom stereocenters. The van der Waals surface area contributed by atoms with Gasteiger partial charge in [0.2, 0.25) is 5.91 Å². The normalized spacial score (nSPS) is 24.5. The third-order valence-corrected chi connectivity index (χ3v) is 5.04. The Bertz CT molecular complexity index is 502. The Morgan fingerprint density at radius 3 is 2.50 bits per heavy atom. The molecule has 2 rings (SSSR count). The van der Waals surface area contributed by atoms with Crippen molar-refractivity contribution in [2.24, 2.45) is 5.92 Å². The largest absolute Gasteiger partial charge is 0.368 e. The Kier molecular flexibility index (Phi) is 6.19. The van der Waals surface area contributed by atoms with Gasteiger partial charge in [0.1, 0.15) is 11.6 Å². The van der Waals surface area contributed by atoms with Crippen LogP contribution in [0.5, 0.6) is 0 Å². The number of nitriles is 1. The Morgan fingerprint density at radius 2 is 2.00 bits per heavy atom. The van der Waals surface area contributed by atoms with E-state index in [1.807, 2.05) is 23.6 Å². The van der Waals surface area contributed by atoms with Crippen molar-refractivity contribution in [2.75, 3.05) is 39.3 Å². The Balaban J connectivity index is 1.77. The molecule has 0 aliphatic carbocycles. The van der Waals surface area contributed by atoms with Crippen molar-refractivity contribution in [2.45, 2.75) is 45.3 Å². The monoisotopic (exact) mass is 336 g/mol. The number of nitrogens with zero attached hydrogens (tertiary/aromatic N) is 3. The highest BCUT2D eigenvalue weighted by atomic mass is 16.5. The van der Waals surface area contributed by atoms with Crippen molar-refractivity contribution in [1.82, 2.24) is 15.1 Å². The Hall–Kier alpha value is -1.65. The van der Waals surface area contributed by atoms with Gasteiger partial charge in [0, 0.05) is 32.8 Å². The van der Waals surface area contributed by atoms with Crippen LogP contribution < -0.4 is 5.32 Å². The van der Waals surface area contributed by atoms with E-state index >= 15 is 0 Å². The predicted molar refractivity (Wildman–Crippen MR) is 89.0 cm³/mol. The average Bonchev–Trinajstić information content (AvgIpc) is 3.09. The van der Waals surface area contributed by atoms with Gasteiger partial charge in [-0.1, -0.05) is 13.8 Å². The summed E-state index contributed by atoms with van der Waals surface area (Å²) in [5.41, 5.74) is -0.852. The summed E-state index contributed by atoms with van der Waals surface area (Å²) in [4.78, 5) is 28.4. The molecule has 2 aliphatic rings. The zero-order chi connectivity index (χ0) is 17.7. The molecular weight excluding hydrogens is 308 g/mol. The highest BCUT2D eigenvalue weighted by molar-refractivity contribution is 5.81. The third-order valence-electron chi connectivity index (χ3n) is 5.04. The third kappa shape index (κ3) is 4.46. The second-order valence-electron chi connectivity index (χ2n) is 7.12. The summed E-state index contributed by atoms with van der Waals surface area (Å²) in [5, 5.41) is 12.1. The fourth-order valence-corrected chi connectivity index (χ4v) is 2.94. The van der Waals surface area contributed by atoms with Crippen molar-refractivity contribution >= 4 is 11.8 Å². The van der Waals surface area contributed by atoms with Crippen LogP contribution in [0, 0.1) is 17.2 Å². The number of hydrogen-bond donors (Lipinski definition) is 1. The van der Waals surface area contributed by atoms with Crippen LogP contribution in [0.3, 0.4) is 0 Å². The molecule has 2 atom stereocenters. The first kappa shape index (κ1) is 18.7. The quantitative estimate of drug-likeness (QED) is 0.784. The van der Waals surface area contributed by atoms with Gasteiger partial charge < -0.3 is 15.0 Å². The summed E-state index contributed by atoms with van der Waals surface area (Å²) in [6.45, 7) is 9.06. The zero-order valence-corrected chi connectivity index (χ0v) is 14.9. The molecule has 7 nitrogen and oxygen atoms in total. The van der Waals surface area contributed by atoms with Crippen LogP contribution in [0.1, 0.15) is 33.6 Å². The van der Waals surface area contributed by atoms with Crippen LogP contribution in [-0.4, -0.2) is 72.6 Å². The topological polar surface area (TPSA) is 85.7 Å². The van der Waals surface area contributed by atoms with Gasteiger partial charge in [-0.05, 0) is 25.7 Å². The Labute approximate surface area is 143 Å². The van der Waals surface area contributed by atoms with Gasteiger partial charge in [0.15, 0.2) is 0 Å². The molecule has 7 heteroatoms. The molecule has 0 aromatic heterocycles. The van der Waals surface area contributed by atoms with Crippen molar-refractivity contribution < 1.29 is 14.3 Å². The van der Waals surface area contributed by atoms with E-state index in [0.29, 0.717) is 32.8 Å². The second kappa shape index (κ2) is 7.95. The maximum atomic E-state index is 12.3. The van der Waals surface area contributed by atoms with E-state index in [-0.39, 0.29) is 30.4 Å². The maximum Gasteiger partial charge on any atom is 0.251 e. The summed E-state index contributed by atoms with van der Waals surface area (Å²) in [6.07, 6.45) is 1.48. The second-order valence-corrected chi connectivity index (χ2v) is 7.12. The van der Waals surface area contributed by atoms with Gasteiger partial charge in [-0.2, -0.15) is 5.26 Å². The summed E-state index contributed by atoms with van der Waals surface area (Å²) >= 11 is 0. The van der Waals surface area contributed by atoms with Crippen LogP contribution >= 0.6 is 0 Å². The molecule has 2 saturated heterocycles. The Morgan fingerprint density at radius 1 is 1.33 bits per heavy atom. The molecular formula is C17H28N4O3. The molecule has 1 N–H and O–H groups in total. The van der Waals surface area contributed by atoms with E-state index in [0.717, 1.165) is 12.8 Å². The van der Waals surface area contributed by atoms with Gasteiger partial charge in [-0.25, -0.2) is 0 Å². The number of amides is 2. The number of rotatable bonds is 5. The van der Waals surface area contributed by atoms with E-state index in [1.54, 1.807) is 6.92 Å². The fourth-order valence-electron chi connectivity index (χ4n) is 2.94. The van der Waals surface area contributed by atoms with Gasteiger partial charge in [-0.15, -0.1) is 0 Å². The molecule has 0 aromatic rings. The lowest BCUT2D eigenvalue weighted by Gasteiger charge is -2.36. The van der Waals surface area contributed by atoms with Gasteiger partial charge in [0.25, 0.3) is 5.91 Å². The summed E-state index contributed by atoms with van der Waals surface area (Å²) in [6, 6.07) is 2.18. The van der Waals surface area contributed by atoms with Crippen LogP contribution in [0.4, 0.5) is 0 Å². The van der Waals surface area contributed by atoms with Crippen molar-refractivity contribution in [3.8, 4) is 6.07 Å². The SMILES string of the molecule is CC(C)C(C)(C#N)NC(=O)CN1CCN(C(=O)C2CCCO2)CC1. The minimum absolute atomic E-state index is 0.0346. The molecule has 24 heavy (non-hydrogen) atoms. The maximum absolute atomic E-state index is 12.3. The van der Waals surface area contributed by atoms with Gasteiger partial charge in [-0.3, -0.25) is 14.5 Å². The molecule has 0 spiro atoms. The van der Waals surface area contributed by atoms with Gasteiger partial charge in [0.05, 0.1) is 12.6 Å². The first-order valence-corrected chi connectivity index (χ1v) is 8.70. The molecule has 0 aromatic carbocycles.